The van der Waals surface area contributed by atoms with Crippen molar-refractivity contribution in [1.82, 2.24) is 15.5 Å². The van der Waals surface area contributed by atoms with E-state index in [1.54, 1.807) is 7.11 Å². The van der Waals surface area contributed by atoms with E-state index < -0.39 is 6.29 Å². The Hall–Kier alpha value is -1.67. The van der Waals surface area contributed by atoms with Crippen LogP contribution in [0.4, 0.5) is 0 Å². The molecule has 1 aliphatic rings. The first-order valence-corrected chi connectivity index (χ1v) is 12.8. The third kappa shape index (κ3) is 14.6. The summed E-state index contributed by atoms with van der Waals surface area (Å²) in [6.07, 6.45) is 11.0. The van der Waals surface area contributed by atoms with Crippen LogP contribution in [0.5, 0.6) is 0 Å². The van der Waals surface area contributed by atoms with Gasteiger partial charge in [-0.2, -0.15) is 0 Å². The number of aliphatic hydroxyl groups excluding tert-OH is 1. The number of nitrogens with one attached hydrogen (secondary N) is 2. The third-order valence-corrected chi connectivity index (χ3v) is 6.10. The summed E-state index contributed by atoms with van der Waals surface area (Å²) in [5.74, 6) is 0.814. The van der Waals surface area contributed by atoms with E-state index in [-0.39, 0.29) is 12.1 Å². The lowest BCUT2D eigenvalue weighted by molar-refractivity contribution is -0.122. The molecule has 1 rings (SSSR count). The van der Waals surface area contributed by atoms with Crippen molar-refractivity contribution in [2.24, 2.45) is 0 Å². The zero-order valence-corrected chi connectivity index (χ0v) is 22.8. The highest BCUT2D eigenvalue weighted by molar-refractivity contribution is 5.76. The van der Waals surface area contributed by atoms with Gasteiger partial charge >= 0.3 is 0 Å². The van der Waals surface area contributed by atoms with Gasteiger partial charge in [-0.15, -0.1) is 0 Å². The maximum absolute atomic E-state index is 12.0. The van der Waals surface area contributed by atoms with E-state index in [9.17, 15) is 4.79 Å². The Morgan fingerprint density at radius 1 is 1.21 bits per heavy atom. The average molecular weight is 482 g/mol. The van der Waals surface area contributed by atoms with E-state index in [1.807, 2.05) is 6.08 Å². The van der Waals surface area contributed by atoms with Gasteiger partial charge in [0, 0.05) is 32.7 Å². The van der Waals surface area contributed by atoms with Crippen molar-refractivity contribution < 1.29 is 19.4 Å². The van der Waals surface area contributed by atoms with E-state index >= 15 is 0 Å². The van der Waals surface area contributed by atoms with Gasteiger partial charge in [0.25, 0.3) is 0 Å². The van der Waals surface area contributed by atoms with Crippen molar-refractivity contribution in [3.05, 3.63) is 35.6 Å². The molecule has 3 unspecified atom stereocenters. The van der Waals surface area contributed by atoms with Crippen molar-refractivity contribution in [3.8, 4) is 0 Å². The number of unbranched alkanes of at least 4 members (excludes halogenated alkanes) is 2. The molecule has 198 valence electrons. The molecular formula is C27H51N3O4. The molecule has 7 nitrogen and oxygen atoms in total. The Morgan fingerprint density at radius 2 is 1.88 bits per heavy atom. The molecule has 0 aromatic heterocycles. The van der Waals surface area contributed by atoms with Gasteiger partial charge in [-0.05, 0) is 57.7 Å². The summed E-state index contributed by atoms with van der Waals surface area (Å²) >= 11 is 0. The topological polar surface area (TPSA) is 83.1 Å². The monoisotopic (exact) mass is 481 g/mol. The lowest BCUT2D eigenvalue weighted by Crippen LogP contribution is -2.42. The first kappa shape index (κ1) is 32.3. The third-order valence-electron chi connectivity index (χ3n) is 6.10. The van der Waals surface area contributed by atoms with Crippen molar-refractivity contribution in [3.63, 3.8) is 0 Å². The predicted molar refractivity (Wildman–Crippen MR) is 141 cm³/mol. The minimum absolute atomic E-state index is 0.125. The first-order chi connectivity index (χ1) is 16.2. The van der Waals surface area contributed by atoms with E-state index in [0.717, 1.165) is 58.0 Å². The van der Waals surface area contributed by atoms with Gasteiger partial charge < -0.3 is 25.2 Å². The summed E-state index contributed by atoms with van der Waals surface area (Å²) in [7, 11) is 5.22. The zero-order valence-electron chi connectivity index (χ0n) is 22.8. The maximum atomic E-state index is 12.0. The lowest BCUT2D eigenvalue weighted by Gasteiger charge is -2.20. The number of ether oxygens (including phenoxy) is 2. The number of amides is 1. The molecule has 1 aliphatic heterocycles. The molecule has 1 saturated heterocycles. The Morgan fingerprint density at radius 3 is 2.44 bits per heavy atom. The van der Waals surface area contributed by atoms with Crippen LogP contribution >= 0.6 is 0 Å². The Kier molecular flexibility index (Phi) is 18.7. The molecule has 7 heteroatoms. The minimum atomic E-state index is -0.546. The molecule has 0 aliphatic carbocycles. The van der Waals surface area contributed by atoms with E-state index in [0.29, 0.717) is 18.2 Å². The van der Waals surface area contributed by atoms with Gasteiger partial charge in [0.15, 0.2) is 6.29 Å². The fraction of sp³-hybridized carbons (Fsp3) is 0.741. The summed E-state index contributed by atoms with van der Waals surface area (Å²) in [5.41, 5.74) is 2.62. The molecule has 34 heavy (non-hydrogen) atoms. The van der Waals surface area contributed by atoms with Crippen LogP contribution in [0.2, 0.25) is 0 Å². The van der Waals surface area contributed by atoms with Gasteiger partial charge in [-0.25, -0.2) is 0 Å². The highest BCUT2D eigenvalue weighted by atomic mass is 16.6. The summed E-state index contributed by atoms with van der Waals surface area (Å²) < 4.78 is 9.72. The number of likely N-dealkylation sites (tertiary alicyclic amines) is 1. The number of carbonyl (C=O) groups is 1. The molecule has 0 aromatic carbocycles. The minimum Gasteiger partial charge on any atom is -0.497 e. The highest BCUT2D eigenvalue weighted by Gasteiger charge is 2.30. The van der Waals surface area contributed by atoms with Crippen molar-refractivity contribution >= 4 is 5.91 Å². The number of allylic oxidation sites excluding steroid dienone is 2. The highest BCUT2D eigenvalue weighted by Crippen LogP contribution is 2.16. The quantitative estimate of drug-likeness (QED) is 0.182. The van der Waals surface area contributed by atoms with Crippen molar-refractivity contribution in [1.29, 1.82) is 0 Å². The standard InChI is InChI=1S/C21H37N3O2.C6H14O2/c1-7-9-10-21(25)23-20-13-19(15-24(20)5)22-14-18(16(3)8-2)12-11-17(4)26-6;1-3-4-5-6(7)8-2/h11-12,19-20,22H,4,7-10,13-15H2,1-3,5-6H3,(H,23,25);6-7H,3-5H2,1-2H3/b12-11-,18-16+;. The smallest absolute Gasteiger partial charge is 0.221 e. The number of likely N-dealkylation sites (N-methyl/N-ethyl adjacent to an activating group) is 1. The largest absolute Gasteiger partial charge is 0.497 e. The van der Waals surface area contributed by atoms with Crippen molar-refractivity contribution in [2.45, 2.75) is 97.6 Å². The maximum Gasteiger partial charge on any atom is 0.221 e. The van der Waals surface area contributed by atoms with Crippen LogP contribution in [0.3, 0.4) is 0 Å². The number of methoxy groups -OCH3 is 2. The van der Waals surface area contributed by atoms with Crippen LogP contribution in [-0.4, -0.2) is 68.8 Å². The lowest BCUT2D eigenvalue weighted by atomic mass is 10.1. The summed E-state index contributed by atoms with van der Waals surface area (Å²) in [4.78, 5) is 14.2. The fourth-order valence-corrected chi connectivity index (χ4v) is 3.50. The van der Waals surface area contributed by atoms with Crippen LogP contribution in [0.1, 0.15) is 79.1 Å². The predicted octanol–water partition coefficient (Wildman–Crippen LogP) is 4.50. The van der Waals surface area contributed by atoms with Crippen molar-refractivity contribution in [2.75, 3.05) is 34.4 Å². The number of aliphatic hydroxyl groups is 1. The van der Waals surface area contributed by atoms with Crippen LogP contribution in [-0.2, 0) is 14.3 Å². The SMILES string of the molecule is C=C(/C=C\C(CNC1CC(NC(=O)CCCC)N(C)C1)=C(\C)CC)OC.CCCCC(O)OC. The second-order valence-corrected chi connectivity index (χ2v) is 8.94. The molecular weight excluding hydrogens is 430 g/mol. The number of rotatable bonds is 15. The zero-order chi connectivity index (χ0) is 25.9. The van der Waals surface area contributed by atoms with Gasteiger partial charge in [-0.3, -0.25) is 9.69 Å². The van der Waals surface area contributed by atoms with Gasteiger partial charge in [0.1, 0.15) is 5.76 Å². The Balaban J connectivity index is 0.00000116. The van der Waals surface area contributed by atoms with E-state index in [1.165, 1.54) is 18.3 Å². The molecule has 3 atom stereocenters. The second kappa shape index (κ2) is 19.6. The van der Waals surface area contributed by atoms with Gasteiger partial charge in [0.2, 0.25) is 5.91 Å². The molecule has 0 bridgehead atoms. The molecule has 0 aromatic rings. The number of carbonyl (C=O) groups excluding carboxylic acids is 1. The molecule has 0 saturated carbocycles. The average Bonchev–Trinajstić information content (AvgIpc) is 3.19. The summed E-state index contributed by atoms with van der Waals surface area (Å²) in [6.45, 7) is 14.1. The van der Waals surface area contributed by atoms with Crippen LogP contribution in [0, 0.1) is 0 Å². The van der Waals surface area contributed by atoms with Crippen LogP contribution in [0.15, 0.2) is 35.6 Å². The summed E-state index contributed by atoms with van der Waals surface area (Å²) in [6, 6.07) is 0.371. The molecule has 0 radical (unpaired) electrons. The van der Waals surface area contributed by atoms with Gasteiger partial charge in [0.05, 0.1) is 13.3 Å². The van der Waals surface area contributed by atoms with Crippen LogP contribution < -0.4 is 10.6 Å². The number of hydrogen-bond acceptors (Lipinski definition) is 6. The van der Waals surface area contributed by atoms with E-state index in [4.69, 9.17) is 9.84 Å². The Labute approximate surface area is 208 Å². The van der Waals surface area contributed by atoms with Gasteiger partial charge in [-0.1, -0.05) is 51.8 Å². The first-order valence-electron chi connectivity index (χ1n) is 12.8. The number of hydrogen-bond donors (Lipinski definition) is 3. The number of nitrogens with zero attached hydrogens (tertiary/aromatic N) is 1. The van der Waals surface area contributed by atoms with Crippen LogP contribution in [0.25, 0.3) is 0 Å². The molecule has 1 heterocycles. The Bertz CT molecular complexity index is 633. The van der Waals surface area contributed by atoms with E-state index in [2.05, 4.69) is 67.7 Å². The second-order valence-electron chi connectivity index (χ2n) is 8.94. The fourth-order valence-electron chi connectivity index (χ4n) is 3.50. The molecule has 1 fully saturated rings. The molecule has 0 spiro atoms. The normalized spacial score (nSPS) is 19.9. The summed E-state index contributed by atoms with van der Waals surface area (Å²) in [5, 5.41) is 15.6. The molecule has 3 N–H and O–H groups in total. The molecule has 1 amide bonds.